The van der Waals surface area contributed by atoms with Gasteiger partial charge in [-0.05, 0) is 59.5 Å². The fourth-order valence-electron chi connectivity index (χ4n) is 4.65. The highest BCUT2D eigenvalue weighted by Crippen LogP contribution is 2.26. The molecule has 1 amide bonds. The summed E-state index contributed by atoms with van der Waals surface area (Å²) in [5, 5.41) is 0. The largest absolute Gasteiger partial charge is 0.493 e. The van der Waals surface area contributed by atoms with Crippen LogP contribution in [0.15, 0.2) is 133 Å². The maximum atomic E-state index is 13.9. The maximum absolute atomic E-state index is 13.9. The SMILES string of the molecule is CCOc1ccc(C(=O)N(Cc2ccccc2)Cc2ccccc2)cc1COc1ccc(-c2ccccc2)cc1. The molecule has 0 heterocycles. The maximum Gasteiger partial charge on any atom is 0.254 e. The molecule has 0 radical (unpaired) electrons. The van der Waals surface area contributed by atoms with Crippen LogP contribution in [0.3, 0.4) is 0 Å². The molecule has 0 atom stereocenters. The Morgan fingerprint density at radius 3 is 1.75 bits per heavy atom. The predicted octanol–water partition coefficient (Wildman–Crippen LogP) is 8.17. The zero-order chi connectivity index (χ0) is 27.6. The second-order valence-electron chi connectivity index (χ2n) is 9.57. The first-order valence-electron chi connectivity index (χ1n) is 13.6. The van der Waals surface area contributed by atoms with Crippen molar-refractivity contribution in [1.82, 2.24) is 4.90 Å². The van der Waals surface area contributed by atoms with E-state index in [1.54, 1.807) is 0 Å². The molecule has 5 aromatic rings. The van der Waals surface area contributed by atoms with Gasteiger partial charge in [0.15, 0.2) is 0 Å². The highest BCUT2D eigenvalue weighted by atomic mass is 16.5. The summed E-state index contributed by atoms with van der Waals surface area (Å²) in [6.45, 7) is 3.80. The van der Waals surface area contributed by atoms with Gasteiger partial charge in [-0.1, -0.05) is 103 Å². The van der Waals surface area contributed by atoms with Crippen molar-refractivity contribution < 1.29 is 14.3 Å². The topological polar surface area (TPSA) is 38.8 Å². The third-order valence-corrected chi connectivity index (χ3v) is 6.68. The molecule has 0 aliphatic rings. The molecular weight excluding hydrogens is 494 g/mol. The predicted molar refractivity (Wildman–Crippen MR) is 160 cm³/mol. The standard InChI is InChI=1S/C36H33NO3/c1-2-39-35-23-20-32(24-33(35)27-40-34-21-18-31(19-22-34)30-16-10-5-11-17-30)36(38)37(25-28-12-6-3-7-13-28)26-29-14-8-4-9-15-29/h3-24H,2,25-27H2,1H3. The molecule has 0 spiro atoms. The van der Waals surface area contributed by atoms with Crippen molar-refractivity contribution in [3.8, 4) is 22.6 Å². The summed E-state index contributed by atoms with van der Waals surface area (Å²) >= 11 is 0. The minimum absolute atomic E-state index is 0.0378. The molecule has 0 bridgehead atoms. The molecule has 40 heavy (non-hydrogen) atoms. The Bertz CT molecular complexity index is 1460. The molecule has 5 aromatic carbocycles. The molecule has 0 saturated heterocycles. The van der Waals surface area contributed by atoms with Crippen LogP contribution in [0.25, 0.3) is 11.1 Å². The van der Waals surface area contributed by atoms with Crippen LogP contribution in [0.5, 0.6) is 11.5 Å². The van der Waals surface area contributed by atoms with Gasteiger partial charge in [0.2, 0.25) is 0 Å². The highest BCUT2D eigenvalue weighted by molar-refractivity contribution is 5.94. The van der Waals surface area contributed by atoms with Crippen LogP contribution in [0.2, 0.25) is 0 Å². The quantitative estimate of drug-likeness (QED) is 0.174. The molecule has 0 fully saturated rings. The van der Waals surface area contributed by atoms with E-state index in [1.165, 1.54) is 0 Å². The van der Waals surface area contributed by atoms with E-state index < -0.39 is 0 Å². The molecule has 5 rings (SSSR count). The van der Waals surface area contributed by atoms with E-state index in [0.29, 0.717) is 31.9 Å². The van der Waals surface area contributed by atoms with E-state index in [1.807, 2.05) is 121 Å². The van der Waals surface area contributed by atoms with E-state index in [0.717, 1.165) is 39.3 Å². The minimum Gasteiger partial charge on any atom is -0.493 e. The van der Waals surface area contributed by atoms with E-state index in [9.17, 15) is 4.79 Å². The van der Waals surface area contributed by atoms with Gasteiger partial charge in [-0.3, -0.25) is 4.79 Å². The van der Waals surface area contributed by atoms with Gasteiger partial charge >= 0.3 is 0 Å². The summed E-state index contributed by atoms with van der Waals surface area (Å²) in [6.07, 6.45) is 0. The Balaban J connectivity index is 1.36. The fourth-order valence-corrected chi connectivity index (χ4v) is 4.65. The number of benzene rings is 5. The summed E-state index contributed by atoms with van der Waals surface area (Å²) in [4.78, 5) is 15.7. The van der Waals surface area contributed by atoms with Gasteiger partial charge < -0.3 is 14.4 Å². The number of nitrogens with zero attached hydrogens (tertiary/aromatic N) is 1. The van der Waals surface area contributed by atoms with Gasteiger partial charge in [0, 0.05) is 24.2 Å². The van der Waals surface area contributed by atoms with Gasteiger partial charge in [0.25, 0.3) is 5.91 Å². The lowest BCUT2D eigenvalue weighted by Crippen LogP contribution is -2.30. The van der Waals surface area contributed by atoms with Gasteiger partial charge in [-0.2, -0.15) is 0 Å². The monoisotopic (exact) mass is 527 g/mol. The molecule has 0 N–H and O–H groups in total. The summed E-state index contributed by atoms with van der Waals surface area (Å²) in [5.41, 5.74) is 5.90. The van der Waals surface area contributed by atoms with Crippen molar-refractivity contribution in [3.05, 3.63) is 156 Å². The van der Waals surface area contributed by atoms with Crippen molar-refractivity contribution in [2.45, 2.75) is 26.6 Å². The Labute approximate surface area is 236 Å². The Morgan fingerprint density at radius 2 is 1.18 bits per heavy atom. The van der Waals surface area contributed by atoms with Crippen LogP contribution in [0, 0.1) is 0 Å². The second kappa shape index (κ2) is 13.3. The first-order valence-corrected chi connectivity index (χ1v) is 13.6. The van der Waals surface area contributed by atoms with Crippen molar-refractivity contribution >= 4 is 5.91 Å². The number of amides is 1. The number of carbonyl (C=O) groups is 1. The fraction of sp³-hybridized carbons (Fsp3) is 0.139. The number of hydrogen-bond donors (Lipinski definition) is 0. The van der Waals surface area contributed by atoms with Crippen molar-refractivity contribution in [2.75, 3.05) is 6.61 Å². The van der Waals surface area contributed by atoms with Gasteiger partial charge in [0.05, 0.1) is 6.61 Å². The van der Waals surface area contributed by atoms with Gasteiger partial charge in [-0.15, -0.1) is 0 Å². The zero-order valence-corrected chi connectivity index (χ0v) is 22.7. The Kier molecular flexibility index (Phi) is 8.90. The van der Waals surface area contributed by atoms with Gasteiger partial charge in [0.1, 0.15) is 18.1 Å². The smallest absolute Gasteiger partial charge is 0.254 e. The van der Waals surface area contributed by atoms with Crippen LogP contribution in [0.1, 0.15) is 34.0 Å². The van der Waals surface area contributed by atoms with E-state index >= 15 is 0 Å². The lowest BCUT2D eigenvalue weighted by atomic mass is 10.1. The third kappa shape index (κ3) is 6.97. The number of carbonyl (C=O) groups excluding carboxylic acids is 1. The molecule has 0 unspecified atom stereocenters. The van der Waals surface area contributed by atoms with Crippen LogP contribution < -0.4 is 9.47 Å². The first kappa shape index (κ1) is 26.8. The van der Waals surface area contributed by atoms with Crippen molar-refractivity contribution in [2.24, 2.45) is 0 Å². The Hall–Kier alpha value is -4.83. The number of hydrogen-bond acceptors (Lipinski definition) is 3. The van der Waals surface area contributed by atoms with E-state index in [4.69, 9.17) is 9.47 Å². The third-order valence-electron chi connectivity index (χ3n) is 6.68. The molecule has 0 aromatic heterocycles. The molecule has 0 aliphatic carbocycles. The van der Waals surface area contributed by atoms with Crippen molar-refractivity contribution in [1.29, 1.82) is 0 Å². The van der Waals surface area contributed by atoms with Crippen LogP contribution >= 0.6 is 0 Å². The molecule has 4 nitrogen and oxygen atoms in total. The number of ether oxygens (including phenoxy) is 2. The summed E-state index contributed by atoms with van der Waals surface area (Å²) in [5.74, 6) is 1.44. The minimum atomic E-state index is -0.0378. The lowest BCUT2D eigenvalue weighted by molar-refractivity contribution is 0.0729. The van der Waals surface area contributed by atoms with Crippen LogP contribution in [0.4, 0.5) is 0 Å². The first-order chi connectivity index (χ1) is 19.7. The molecule has 0 aliphatic heterocycles. The summed E-state index contributed by atoms with van der Waals surface area (Å²) in [7, 11) is 0. The van der Waals surface area contributed by atoms with E-state index in [2.05, 4.69) is 24.3 Å². The highest BCUT2D eigenvalue weighted by Gasteiger charge is 2.19. The van der Waals surface area contributed by atoms with Crippen LogP contribution in [-0.2, 0) is 19.7 Å². The Morgan fingerprint density at radius 1 is 0.625 bits per heavy atom. The van der Waals surface area contributed by atoms with Gasteiger partial charge in [-0.25, -0.2) is 0 Å². The normalized spacial score (nSPS) is 10.6. The zero-order valence-electron chi connectivity index (χ0n) is 22.7. The lowest BCUT2D eigenvalue weighted by Gasteiger charge is -2.24. The number of rotatable bonds is 11. The second-order valence-corrected chi connectivity index (χ2v) is 9.57. The van der Waals surface area contributed by atoms with Crippen molar-refractivity contribution in [3.63, 3.8) is 0 Å². The molecule has 0 saturated carbocycles. The van der Waals surface area contributed by atoms with E-state index in [-0.39, 0.29) is 5.91 Å². The summed E-state index contributed by atoms with van der Waals surface area (Å²) in [6, 6.07) is 44.1. The average molecular weight is 528 g/mol. The molecule has 4 heteroatoms. The summed E-state index contributed by atoms with van der Waals surface area (Å²) < 4.78 is 12.0. The average Bonchev–Trinajstić information content (AvgIpc) is 3.02. The molecular formula is C36H33NO3. The molecule has 200 valence electrons. The van der Waals surface area contributed by atoms with Crippen LogP contribution in [-0.4, -0.2) is 17.4 Å².